The first-order valence-corrected chi connectivity index (χ1v) is 7.86. The summed E-state index contributed by atoms with van der Waals surface area (Å²) in [6.45, 7) is 4.73. The molecule has 1 saturated heterocycles. The third-order valence-electron chi connectivity index (χ3n) is 3.85. The highest BCUT2D eigenvalue weighted by atomic mass is 16.3. The molecule has 0 bridgehead atoms. The zero-order valence-corrected chi connectivity index (χ0v) is 13.2. The number of likely N-dealkylation sites (tertiary alicyclic amines) is 1. The molecule has 5 nitrogen and oxygen atoms in total. The van der Waals surface area contributed by atoms with Gasteiger partial charge in [0.15, 0.2) is 0 Å². The van der Waals surface area contributed by atoms with E-state index in [0.29, 0.717) is 31.0 Å². The van der Waals surface area contributed by atoms with Crippen molar-refractivity contribution in [1.29, 1.82) is 0 Å². The normalized spacial score (nSPS) is 16.7. The van der Waals surface area contributed by atoms with E-state index in [1.807, 2.05) is 13.8 Å². The number of hydrogen-bond acceptors (Lipinski definition) is 3. The SMILES string of the molecule is CC(C)C[C@H](C(=O)Nc1cccc(O)c1)N1CCCCC1=O. The van der Waals surface area contributed by atoms with E-state index in [2.05, 4.69) is 5.32 Å². The number of carbonyl (C=O) groups excluding carboxylic acids is 2. The highest BCUT2D eigenvalue weighted by Crippen LogP contribution is 2.21. The van der Waals surface area contributed by atoms with Crippen LogP contribution in [0.5, 0.6) is 5.75 Å². The molecule has 0 unspecified atom stereocenters. The van der Waals surface area contributed by atoms with Crippen LogP contribution in [0.4, 0.5) is 5.69 Å². The standard InChI is InChI=1S/C17H24N2O3/c1-12(2)10-15(19-9-4-3-8-16(19)21)17(22)18-13-6-5-7-14(20)11-13/h5-7,11-12,15,20H,3-4,8-10H2,1-2H3,(H,18,22)/t15-/m1/s1. The Kier molecular flexibility index (Phi) is 5.41. The van der Waals surface area contributed by atoms with Crippen LogP contribution in [-0.4, -0.2) is 34.4 Å². The average molecular weight is 304 g/mol. The molecule has 0 radical (unpaired) electrons. The van der Waals surface area contributed by atoms with E-state index in [1.165, 1.54) is 6.07 Å². The van der Waals surface area contributed by atoms with Crippen molar-refractivity contribution >= 4 is 17.5 Å². The molecule has 1 heterocycles. The summed E-state index contributed by atoms with van der Waals surface area (Å²) < 4.78 is 0. The lowest BCUT2D eigenvalue weighted by molar-refractivity contribution is -0.141. The molecular formula is C17H24N2O3. The summed E-state index contributed by atoms with van der Waals surface area (Å²) >= 11 is 0. The third-order valence-corrected chi connectivity index (χ3v) is 3.85. The van der Waals surface area contributed by atoms with Gasteiger partial charge in [-0.1, -0.05) is 19.9 Å². The lowest BCUT2D eigenvalue weighted by Crippen LogP contribution is -2.49. The molecule has 1 fully saturated rings. The molecule has 0 aliphatic carbocycles. The van der Waals surface area contributed by atoms with Gasteiger partial charge in [0.25, 0.3) is 0 Å². The van der Waals surface area contributed by atoms with Crippen LogP contribution in [0.3, 0.4) is 0 Å². The minimum atomic E-state index is -0.449. The summed E-state index contributed by atoms with van der Waals surface area (Å²) in [7, 11) is 0. The number of piperidine rings is 1. The average Bonchev–Trinajstić information content (AvgIpc) is 2.45. The van der Waals surface area contributed by atoms with Gasteiger partial charge in [-0.05, 0) is 37.3 Å². The topological polar surface area (TPSA) is 69.6 Å². The molecule has 1 aliphatic heterocycles. The molecule has 2 amide bonds. The van der Waals surface area contributed by atoms with Gasteiger partial charge in [0.1, 0.15) is 11.8 Å². The van der Waals surface area contributed by atoms with Gasteiger partial charge in [-0.2, -0.15) is 0 Å². The molecule has 2 N–H and O–H groups in total. The Hall–Kier alpha value is -2.04. The molecule has 0 aromatic heterocycles. The highest BCUT2D eigenvalue weighted by Gasteiger charge is 2.31. The van der Waals surface area contributed by atoms with Gasteiger partial charge in [-0.25, -0.2) is 0 Å². The second-order valence-electron chi connectivity index (χ2n) is 6.23. The summed E-state index contributed by atoms with van der Waals surface area (Å²) in [5.74, 6) is 0.291. The number of anilines is 1. The second kappa shape index (κ2) is 7.29. The van der Waals surface area contributed by atoms with E-state index in [1.54, 1.807) is 23.1 Å². The first-order chi connectivity index (χ1) is 10.5. The maximum Gasteiger partial charge on any atom is 0.247 e. The predicted octanol–water partition coefficient (Wildman–Crippen LogP) is 2.76. The quantitative estimate of drug-likeness (QED) is 0.879. The molecule has 1 aromatic carbocycles. The van der Waals surface area contributed by atoms with Crippen molar-refractivity contribution in [2.75, 3.05) is 11.9 Å². The number of amides is 2. The van der Waals surface area contributed by atoms with Crippen LogP contribution in [0, 0.1) is 5.92 Å². The second-order valence-corrected chi connectivity index (χ2v) is 6.23. The fourth-order valence-corrected chi connectivity index (χ4v) is 2.79. The zero-order chi connectivity index (χ0) is 16.1. The summed E-state index contributed by atoms with van der Waals surface area (Å²) in [6, 6.07) is 6.00. The van der Waals surface area contributed by atoms with E-state index in [-0.39, 0.29) is 17.6 Å². The molecule has 22 heavy (non-hydrogen) atoms. The Morgan fingerprint density at radius 2 is 2.14 bits per heavy atom. The fraction of sp³-hybridized carbons (Fsp3) is 0.529. The number of aromatic hydroxyl groups is 1. The van der Waals surface area contributed by atoms with Gasteiger partial charge in [0, 0.05) is 24.7 Å². The van der Waals surface area contributed by atoms with Crippen LogP contribution >= 0.6 is 0 Å². The molecule has 1 atom stereocenters. The number of nitrogens with one attached hydrogen (secondary N) is 1. The van der Waals surface area contributed by atoms with Crippen LogP contribution in [0.2, 0.25) is 0 Å². The zero-order valence-electron chi connectivity index (χ0n) is 13.2. The molecule has 0 saturated carbocycles. The number of phenols is 1. The van der Waals surface area contributed by atoms with E-state index in [4.69, 9.17) is 0 Å². The number of benzene rings is 1. The van der Waals surface area contributed by atoms with E-state index in [0.717, 1.165) is 12.8 Å². The van der Waals surface area contributed by atoms with Crippen LogP contribution in [-0.2, 0) is 9.59 Å². The smallest absolute Gasteiger partial charge is 0.247 e. The van der Waals surface area contributed by atoms with Crippen molar-refractivity contribution in [3.05, 3.63) is 24.3 Å². The first-order valence-electron chi connectivity index (χ1n) is 7.86. The number of phenolic OH excluding ortho intramolecular Hbond substituents is 1. The highest BCUT2D eigenvalue weighted by molar-refractivity contribution is 5.97. The molecule has 0 spiro atoms. The van der Waals surface area contributed by atoms with Crippen molar-refractivity contribution in [2.24, 2.45) is 5.92 Å². The van der Waals surface area contributed by atoms with Gasteiger partial charge >= 0.3 is 0 Å². The summed E-state index contributed by atoms with van der Waals surface area (Å²) in [5.41, 5.74) is 0.545. The Bertz CT molecular complexity index is 542. The molecular weight excluding hydrogens is 280 g/mol. The molecule has 5 heteroatoms. The Labute approximate surface area is 131 Å². The Morgan fingerprint density at radius 1 is 1.36 bits per heavy atom. The van der Waals surface area contributed by atoms with Crippen molar-refractivity contribution in [2.45, 2.75) is 45.6 Å². The minimum absolute atomic E-state index is 0.0583. The first kappa shape index (κ1) is 16.3. The lowest BCUT2D eigenvalue weighted by Gasteiger charge is -2.34. The molecule has 1 aromatic rings. The Morgan fingerprint density at radius 3 is 2.77 bits per heavy atom. The molecule has 2 rings (SSSR count). The van der Waals surface area contributed by atoms with Crippen molar-refractivity contribution < 1.29 is 14.7 Å². The van der Waals surface area contributed by atoms with Gasteiger partial charge in [0.05, 0.1) is 0 Å². The van der Waals surface area contributed by atoms with Crippen LogP contribution < -0.4 is 5.32 Å². The lowest BCUT2D eigenvalue weighted by atomic mass is 9.98. The third kappa shape index (κ3) is 4.23. The summed E-state index contributed by atoms with van der Waals surface area (Å²) in [6.07, 6.45) is 3.00. The van der Waals surface area contributed by atoms with Gasteiger partial charge in [0.2, 0.25) is 11.8 Å². The molecule has 120 valence electrons. The maximum absolute atomic E-state index is 12.6. The molecule has 1 aliphatic rings. The number of hydrogen-bond donors (Lipinski definition) is 2. The van der Waals surface area contributed by atoms with Gasteiger partial charge in [-0.15, -0.1) is 0 Å². The fourth-order valence-electron chi connectivity index (χ4n) is 2.79. The van der Waals surface area contributed by atoms with E-state index < -0.39 is 6.04 Å². The van der Waals surface area contributed by atoms with E-state index >= 15 is 0 Å². The number of carbonyl (C=O) groups is 2. The monoisotopic (exact) mass is 304 g/mol. The van der Waals surface area contributed by atoms with E-state index in [9.17, 15) is 14.7 Å². The largest absolute Gasteiger partial charge is 0.508 e. The van der Waals surface area contributed by atoms with Crippen molar-refractivity contribution in [1.82, 2.24) is 4.90 Å². The number of nitrogens with zero attached hydrogens (tertiary/aromatic N) is 1. The van der Waals surface area contributed by atoms with Crippen LogP contribution in [0.1, 0.15) is 39.5 Å². The Balaban J connectivity index is 2.13. The van der Waals surface area contributed by atoms with Gasteiger partial charge in [-0.3, -0.25) is 9.59 Å². The van der Waals surface area contributed by atoms with Crippen molar-refractivity contribution in [3.8, 4) is 5.75 Å². The summed E-state index contributed by atoms with van der Waals surface area (Å²) in [4.78, 5) is 26.5. The minimum Gasteiger partial charge on any atom is -0.508 e. The van der Waals surface area contributed by atoms with Crippen LogP contribution in [0.25, 0.3) is 0 Å². The predicted molar refractivity (Wildman–Crippen MR) is 85.5 cm³/mol. The summed E-state index contributed by atoms with van der Waals surface area (Å²) in [5, 5.41) is 12.3. The maximum atomic E-state index is 12.6. The van der Waals surface area contributed by atoms with Gasteiger partial charge < -0.3 is 15.3 Å². The van der Waals surface area contributed by atoms with Crippen LogP contribution in [0.15, 0.2) is 24.3 Å². The van der Waals surface area contributed by atoms with Crippen molar-refractivity contribution in [3.63, 3.8) is 0 Å². The number of rotatable bonds is 5.